The van der Waals surface area contributed by atoms with E-state index in [1.54, 1.807) is 0 Å². The maximum Gasteiger partial charge on any atom is 0.412 e. The second-order valence-corrected chi connectivity index (χ2v) is 7.53. The van der Waals surface area contributed by atoms with Gasteiger partial charge in [0.2, 0.25) is 0 Å². The number of nitrogens with zero attached hydrogens (tertiary/aromatic N) is 4. The first-order chi connectivity index (χ1) is 19.0. The zero-order chi connectivity index (χ0) is 29.4. The summed E-state index contributed by atoms with van der Waals surface area (Å²) in [6.07, 6.45) is -2.38. The Morgan fingerprint density at radius 3 is 1.12 bits per heavy atom. The van der Waals surface area contributed by atoms with Gasteiger partial charge in [-0.1, -0.05) is 12.1 Å². The number of para-hydroxylation sites is 2. The second kappa shape index (κ2) is 12.4. The van der Waals surface area contributed by atoms with E-state index in [-0.39, 0.29) is 11.4 Å². The van der Waals surface area contributed by atoms with Crippen LogP contribution in [0, 0.1) is 40.5 Å². The van der Waals surface area contributed by atoms with Gasteiger partial charge in [0.05, 0.1) is 31.1 Å². The largest absolute Gasteiger partial charge is 0.444 e. The van der Waals surface area contributed by atoms with E-state index < -0.39 is 79.0 Å². The Morgan fingerprint density at radius 2 is 0.850 bits per heavy atom. The van der Waals surface area contributed by atoms with Crippen LogP contribution in [0.4, 0.5) is 43.7 Å². The van der Waals surface area contributed by atoms with Gasteiger partial charge in [0.1, 0.15) is 24.3 Å². The minimum atomic E-state index is -1.19. The van der Waals surface area contributed by atoms with Crippen molar-refractivity contribution >= 4 is 46.3 Å². The summed E-state index contributed by atoms with van der Waals surface area (Å²) in [6, 6.07) is 11.8. The van der Waals surface area contributed by atoms with Crippen LogP contribution in [0.15, 0.2) is 60.7 Å². The van der Waals surface area contributed by atoms with E-state index in [9.17, 15) is 50.0 Å². The molecule has 206 valence electrons. The molecule has 0 unspecified atom stereocenters. The summed E-state index contributed by atoms with van der Waals surface area (Å²) in [7, 11) is 0. The first-order valence-corrected chi connectivity index (χ1v) is 10.8. The number of hydrogen-bond donors (Lipinski definition) is 2. The number of anilines is 2. The molecule has 0 heterocycles. The van der Waals surface area contributed by atoms with E-state index in [0.29, 0.717) is 0 Å². The van der Waals surface area contributed by atoms with E-state index in [4.69, 9.17) is 9.47 Å². The molecular weight excluding hydrogens is 540 g/mol. The second-order valence-electron chi connectivity index (χ2n) is 7.53. The summed E-state index contributed by atoms with van der Waals surface area (Å²) < 4.78 is 9.84. The lowest BCUT2D eigenvalue weighted by molar-refractivity contribution is -0.396. The minimum Gasteiger partial charge on any atom is -0.444 e. The van der Waals surface area contributed by atoms with Gasteiger partial charge in [-0.15, -0.1) is 0 Å². The third-order valence-corrected chi connectivity index (χ3v) is 5.14. The van der Waals surface area contributed by atoms with Crippen molar-refractivity contribution in [3.63, 3.8) is 0 Å². The molecule has 0 aliphatic carbocycles. The molecule has 18 heteroatoms. The van der Waals surface area contributed by atoms with Gasteiger partial charge in [0.25, 0.3) is 22.7 Å². The number of nitro benzene ring substituents is 4. The highest BCUT2D eigenvalue weighted by atomic mass is 16.6. The Kier molecular flexibility index (Phi) is 8.77. The summed E-state index contributed by atoms with van der Waals surface area (Å²) >= 11 is 0. The normalized spacial score (nSPS) is 10.2. The predicted molar refractivity (Wildman–Crippen MR) is 134 cm³/mol. The Labute approximate surface area is 221 Å². The zero-order valence-corrected chi connectivity index (χ0v) is 19.9. The summed E-state index contributed by atoms with van der Waals surface area (Å²) in [6.45, 7) is -1.66. The fourth-order valence-electron chi connectivity index (χ4n) is 3.37. The third-order valence-electron chi connectivity index (χ3n) is 5.14. The Hall–Kier alpha value is -6.20. The Balaban J connectivity index is 1.70. The van der Waals surface area contributed by atoms with Crippen LogP contribution in [0.25, 0.3) is 0 Å². The predicted octanol–water partition coefficient (Wildman–Crippen LogP) is 4.82. The number of carbonyl (C=O) groups excluding carboxylic acids is 2. The maximum atomic E-state index is 12.4. The van der Waals surface area contributed by atoms with Crippen LogP contribution in [0.5, 0.6) is 0 Å². The van der Waals surface area contributed by atoms with Crippen LogP contribution in [0.1, 0.15) is 11.1 Å². The lowest BCUT2D eigenvalue weighted by atomic mass is 10.1. The van der Waals surface area contributed by atoms with Crippen molar-refractivity contribution in [2.75, 3.05) is 10.6 Å². The topological polar surface area (TPSA) is 249 Å². The number of hydrogen-bond acceptors (Lipinski definition) is 12. The number of carbonyl (C=O) groups is 2. The lowest BCUT2D eigenvalue weighted by Gasteiger charge is -2.13. The van der Waals surface area contributed by atoms with Crippen LogP contribution < -0.4 is 10.6 Å². The zero-order valence-electron chi connectivity index (χ0n) is 19.9. The summed E-state index contributed by atoms with van der Waals surface area (Å²) in [5, 5.41) is 49.5. The molecule has 0 aliphatic rings. The molecule has 2 N–H and O–H groups in total. The maximum absolute atomic E-state index is 12.4. The van der Waals surface area contributed by atoms with E-state index in [1.807, 2.05) is 0 Å². The number of nitrogens with one attached hydrogen (secondary N) is 2. The molecule has 0 bridgehead atoms. The first kappa shape index (κ1) is 28.4. The van der Waals surface area contributed by atoms with Gasteiger partial charge in [-0.25, -0.2) is 9.59 Å². The number of benzene rings is 3. The summed E-state index contributed by atoms with van der Waals surface area (Å²) in [4.78, 5) is 66.2. The smallest absolute Gasteiger partial charge is 0.412 e. The van der Waals surface area contributed by atoms with Crippen LogP contribution in [-0.2, 0) is 22.7 Å². The third kappa shape index (κ3) is 6.76. The molecule has 0 spiro atoms. The molecule has 18 nitrogen and oxygen atoms in total. The molecule has 0 saturated heterocycles. The van der Waals surface area contributed by atoms with Crippen molar-refractivity contribution < 1.29 is 38.8 Å². The van der Waals surface area contributed by atoms with Crippen LogP contribution in [0.2, 0.25) is 0 Å². The number of nitro groups is 4. The fourth-order valence-corrected chi connectivity index (χ4v) is 3.37. The number of ether oxygens (including phenoxy) is 2. The molecule has 0 aliphatic heterocycles. The Bertz CT molecular complexity index is 1350. The molecule has 3 aromatic carbocycles. The number of amides is 2. The van der Waals surface area contributed by atoms with E-state index in [2.05, 4.69) is 10.6 Å². The van der Waals surface area contributed by atoms with Crippen molar-refractivity contribution in [1.82, 2.24) is 0 Å². The van der Waals surface area contributed by atoms with Gasteiger partial charge in [0.15, 0.2) is 0 Å². The fraction of sp³-hybridized carbons (Fsp3) is 0.0909. The first-order valence-electron chi connectivity index (χ1n) is 10.8. The highest BCUT2D eigenvalue weighted by Crippen LogP contribution is 2.30. The molecule has 0 aromatic heterocycles. The minimum absolute atomic E-state index is 0.0572. The van der Waals surface area contributed by atoms with Crippen LogP contribution in [-0.4, -0.2) is 31.9 Å². The molecule has 0 radical (unpaired) electrons. The van der Waals surface area contributed by atoms with Crippen molar-refractivity contribution in [2.45, 2.75) is 13.2 Å². The Morgan fingerprint density at radius 1 is 0.550 bits per heavy atom. The highest BCUT2D eigenvalue weighted by Gasteiger charge is 2.27. The molecule has 0 atom stereocenters. The lowest BCUT2D eigenvalue weighted by Crippen LogP contribution is -2.18. The molecule has 40 heavy (non-hydrogen) atoms. The van der Waals surface area contributed by atoms with Gasteiger partial charge in [-0.2, -0.15) is 0 Å². The van der Waals surface area contributed by atoms with Crippen molar-refractivity contribution in [1.29, 1.82) is 0 Å². The highest BCUT2D eigenvalue weighted by molar-refractivity contribution is 5.95. The molecule has 3 aromatic rings. The van der Waals surface area contributed by atoms with E-state index in [1.165, 1.54) is 24.3 Å². The van der Waals surface area contributed by atoms with Crippen LogP contribution >= 0.6 is 0 Å². The SMILES string of the molecule is O=C(Nc1ccccc1NC(=O)OCc1c([N+](=O)[O-])cccc1[N+](=O)[O-])OCc1c([N+](=O)[O-])cccc1[N+](=O)[O-]. The molecule has 0 saturated carbocycles. The monoisotopic (exact) mass is 556 g/mol. The quantitative estimate of drug-likeness (QED) is 0.252. The van der Waals surface area contributed by atoms with Crippen molar-refractivity contribution in [3.8, 4) is 0 Å². The average Bonchev–Trinajstić information content (AvgIpc) is 2.91. The summed E-state index contributed by atoms with van der Waals surface area (Å²) in [5.74, 6) is 0. The van der Waals surface area contributed by atoms with Gasteiger partial charge in [-0.05, 0) is 24.3 Å². The van der Waals surface area contributed by atoms with Gasteiger partial charge in [0, 0.05) is 24.3 Å². The molecule has 3 rings (SSSR count). The number of rotatable bonds is 10. The molecule has 0 fully saturated rings. The van der Waals surface area contributed by atoms with Gasteiger partial charge < -0.3 is 9.47 Å². The molecular formula is C22H16N6O12. The van der Waals surface area contributed by atoms with Crippen molar-refractivity contribution in [3.05, 3.63) is 112 Å². The molecule has 2 amide bonds. The van der Waals surface area contributed by atoms with Gasteiger partial charge >= 0.3 is 12.2 Å². The average molecular weight is 556 g/mol. The summed E-state index contributed by atoms with van der Waals surface area (Å²) in [5.41, 5.74) is -3.55. The van der Waals surface area contributed by atoms with E-state index in [0.717, 1.165) is 36.4 Å². The van der Waals surface area contributed by atoms with Gasteiger partial charge in [-0.3, -0.25) is 51.1 Å². The standard InChI is InChI=1S/C22H16N6O12/c29-21(39-11-13-17(25(31)32)7-3-8-18(13)26(33)34)23-15-5-1-2-6-16(15)24-22(30)40-12-14-19(27(35)36)9-4-10-20(14)28(37)38/h1-10H,11-12H2,(H,23,29)(H,24,30). The van der Waals surface area contributed by atoms with Crippen LogP contribution in [0.3, 0.4) is 0 Å². The van der Waals surface area contributed by atoms with Crippen molar-refractivity contribution in [2.24, 2.45) is 0 Å². The van der Waals surface area contributed by atoms with E-state index >= 15 is 0 Å².